The molecule has 0 spiro atoms. The standard InChI is InChI=1S/C75H48N6/c1-5-17-49(18-6-1)55-33-41-63-61-25-13-15-27-67(61)79(69(63)45-55)59-37-29-51(30-38-59)57-35-43-65-66-44-36-58(48-72(66)81(71(65)47-57)75-77-73(53-21-9-3-10-22-53)76-74(78-75)54-23-11-4-12-24-54)52-31-39-60(40-32-52)80-68-28-16-14-26-62(68)64-42-34-56(46-70(64)80)50-19-7-2-8-20-50/h1-48H/i3D,4D,9D,10D,11D,12D,21D,22D,23D,24D. The minimum atomic E-state index is -0.629. The predicted octanol–water partition coefficient (Wildman–Crippen LogP) is 19.2. The number of benzene rings is 12. The Balaban J connectivity index is 0.894. The third-order valence-corrected chi connectivity index (χ3v) is 15.5. The fourth-order valence-corrected chi connectivity index (χ4v) is 11.7. The Kier molecular flexibility index (Phi) is 8.63. The van der Waals surface area contributed by atoms with E-state index in [9.17, 15) is 0 Å². The van der Waals surface area contributed by atoms with Crippen LogP contribution >= 0.6 is 0 Å². The lowest BCUT2D eigenvalue weighted by atomic mass is 10.0. The number of rotatable bonds is 9. The fourth-order valence-electron chi connectivity index (χ4n) is 11.7. The van der Waals surface area contributed by atoms with E-state index in [1.807, 2.05) is 65.2 Å². The molecule has 0 N–H and O–H groups in total. The molecule has 0 amide bonds. The molecule has 4 aromatic heterocycles. The molecule has 0 aliphatic heterocycles. The van der Waals surface area contributed by atoms with Crippen LogP contribution < -0.4 is 0 Å². The van der Waals surface area contributed by atoms with Crippen LogP contribution in [-0.4, -0.2) is 28.7 Å². The molecule has 378 valence electrons. The molecule has 0 atom stereocenters. The SMILES string of the molecule is [2H]c1c([2H])c([2H])c(-c2nc(-c3c([2H])c([2H])c([2H])c([2H])c3[2H])nc(-n3c4cc(-c5ccc(-n6c7ccccc7c7ccc(-c8ccccc8)cc76)cc5)ccc4c4ccc(-c5ccc(-n6c7ccccc7c7ccc(-c8ccccc8)cc76)cc5)cc43)n2)c([2H])c1[2H]. The van der Waals surface area contributed by atoms with Gasteiger partial charge in [-0.2, -0.15) is 9.97 Å². The van der Waals surface area contributed by atoms with Gasteiger partial charge < -0.3 is 9.13 Å². The monoisotopic (exact) mass is 1040 g/mol. The Morgan fingerprint density at radius 3 is 0.926 bits per heavy atom. The van der Waals surface area contributed by atoms with Crippen molar-refractivity contribution in [2.45, 2.75) is 0 Å². The third kappa shape index (κ3) is 7.83. The molecule has 16 aromatic rings. The first-order valence-electron chi connectivity index (χ1n) is 31.7. The van der Waals surface area contributed by atoms with Gasteiger partial charge in [-0.15, -0.1) is 0 Å². The van der Waals surface area contributed by atoms with Gasteiger partial charge in [0.25, 0.3) is 0 Å². The van der Waals surface area contributed by atoms with Gasteiger partial charge in [-0.05, 0) is 105 Å². The van der Waals surface area contributed by atoms with Crippen LogP contribution in [0.2, 0.25) is 0 Å². The Hall–Kier alpha value is -11.0. The normalized spacial score (nSPS) is 13.4. The van der Waals surface area contributed by atoms with Crippen LogP contribution in [0.1, 0.15) is 13.7 Å². The van der Waals surface area contributed by atoms with E-state index in [2.05, 4.69) is 184 Å². The molecule has 0 aliphatic rings. The zero-order valence-electron chi connectivity index (χ0n) is 53.1. The Morgan fingerprint density at radius 2 is 0.543 bits per heavy atom. The van der Waals surface area contributed by atoms with Gasteiger partial charge in [0, 0.05) is 54.8 Å². The van der Waals surface area contributed by atoms with Gasteiger partial charge in [-0.1, -0.05) is 230 Å². The van der Waals surface area contributed by atoms with Gasteiger partial charge >= 0.3 is 0 Å². The summed E-state index contributed by atoms with van der Waals surface area (Å²) in [4.78, 5) is 14.6. The maximum atomic E-state index is 9.11. The van der Waals surface area contributed by atoms with Crippen molar-refractivity contribution in [3.63, 3.8) is 0 Å². The number of hydrogen-bond acceptors (Lipinski definition) is 3. The van der Waals surface area contributed by atoms with Gasteiger partial charge in [0.2, 0.25) is 5.95 Å². The first-order valence-corrected chi connectivity index (χ1v) is 26.7. The number of hydrogen-bond donors (Lipinski definition) is 0. The Bertz CT molecular complexity index is 5300. The molecular formula is C75H48N6. The van der Waals surface area contributed by atoms with Crippen molar-refractivity contribution in [1.82, 2.24) is 28.7 Å². The van der Waals surface area contributed by atoms with Crippen molar-refractivity contribution in [3.8, 4) is 84.6 Å². The Morgan fingerprint density at radius 1 is 0.235 bits per heavy atom. The number of para-hydroxylation sites is 2. The second-order valence-corrected chi connectivity index (χ2v) is 20.1. The molecule has 6 heteroatoms. The first kappa shape index (κ1) is 37.0. The number of aromatic nitrogens is 6. The maximum absolute atomic E-state index is 9.11. The summed E-state index contributed by atoms with van der Waals surface area (Å²) >= 11 is 0. The van der Waals surface area contributed by atoms with E-state index in [1.54, 1.807) is 0 Å². The average Bonchev–Trinajstić information content (AvgIpc) is 1.68. The highest BCUT2D eigenvalue weighted by molar-refractivity contribution is 6.13. The van der Waals surface area contributed by atoms with E-state index < -0.39 is 60.4 Å². The van der Waals surface area contributed by atoms with Gasteiger partial charge in [0.05, 0.1) is 46.8 Å². The van der Waals surface area contributed by atoms with E-state index in [1.165, 1.54) is 0 Å². The van der Waals surface area contributed by atoms with Crippen molar-refractivity contribution < 1.29 is 13.7 Å². The molecule has 0 unspecified atom stereocenters. The van der Waals surface area contributed by atoms with Crippen molar-refractivity contribution in [2.75, 3.05) is 0 Å². The molecule has 4 heterocycles. The molecule has 0 saturated heterocycles. The third-order valence-electron chi connectivity index (χ3n) is 15.5. The summed E-state index contributed by atoms with van der Waals surface area (Å²) in [5, 5.41) is 6.15. The zero-order chi connectivity index (χ0) is 62.1. The molecule has 0 saturated carbocycles. The summed E-state index contributed by atoms with van der Waals surface area (Å²) in [7, 11) is 0. The molecule has 0 fully saturated rings. The van der Waals surface area contributed by atoms with Crippen LogP contribution in [0.25, 0.3) is 150 Å². The second kappa shape index (κ2) is 18.9. The van der Waals surface area contributed by atoms with E-state index in [-0.39, 0.29) is 28.7 Å². The Labute approximate surface area is 481 Å². The molecule has 16 rings (SSSR count). The summed E-state index contributed by atoms with van der Waals surface area (Å²) in [5.74, 6) is -0.820. The zero-order valence-corrected chi connectivity index (χ0v) is 43.1. The predicted molar refractivity (Wildman–Crippen MR) is 335 cm³/mol. The van der Waals surface area contributed by atoms with Crippen LogP contribution in [0.5, 0.6) is 0 Å². The lowest BCUT2D eigenvalue weighted by Crippen LogP contribution is -2.06. The van der Waals surface area contributed by atoms with Gasteiger partial charge in [-0.25, -0.2) is 4.98 Å². The van der Waals surface area contributed by atoms with Gasteiger partial charge in [0.1, 0.15) is 0 Å². The minimum absolute atomic E-state index is 0.0962. The largest absolute Gasteiger partial charge is 0.309 e. The average molecular weight is 1040 g/mol. The van der Waals surface area contributed by atoms with Crippen molar-refractivity contribution >= 4 is 65.4 Å². The van der Waals surface area contributed by atoms with Crippen molar-refractivity contribution in [2.24, 2.45) is 0 Å². The quantitative estimate of drug-likeness (QED) is 0.145. The second-order valence-electron chi connectivity index (χ2n) is 20.1. The van der Waals surface area contributed by atoms with Gasteiger partial charge in [0.15, 0.2) is 11.6 Å². The number of fused-ring (bicyclic) bond motifs is 9. The van der Waals surface area contributed by atoms with Crippen molar-refractivity contribution in [3.05, 3.63) is 291 Å². The maximum Gasteiger partial charge on any atom is 0.238 e. The highest BCUT2D eigenvalue weighted by Gasteiger charge is 2.21. The highest BCUT2D eigenvalue weighted by Crippen LogP contribution is 2.41. The van der Waals surface area contributed by atoms with Crippen LogP contribution in [0.3, 0.4) is 0 Å². The van der Waals surface area contributed by atoms with E-state index in [0.29, 0.717) is 11.0 Å². The summed E-state index contributed by atoms with van der Waals surface area (Å²) < 4.78 is 94.5. The van der Waals surface area contributed by atoms with Gasteiger partial charge in [-0.3, -0.25) is 4.57 Å². The topological polar surface area (TPSA) is 53.5 Å². The van der Waals surface area contributed by atoms with Crippen molar-refractivity contribution in [1.29, 1.82) is 0 Å². The van der Waals surface area contributed by atoms with Crippen LogP contribution in [0.15, 0.2) is 291 Å². The smallest absolute Gasteiger partial charge is 0.238 e. The lowest BCUT2D eigenvalue weighted by molar-refractivity contribution is 0.953. The minimum Gasteiger partial charge on any atom is -0.309 e. The van der Waals surface area contributed by atoms with Crippen LogP contribution in [0, 0.1) is 0 Å². The molecule has 81 heavy (non-hydrogen) atoms. The summed E-state index contributed by atoms with van der Waals surface area (Å²) in [5.41, 5.74) is 14.6. The number of nitrogens with zero attached hydrogens (tertiary/aromatic N) is 6. The molecule has 0 bridgehead atoms. The lowest BCUT2D eigenvalue weighted by Gasteiger charge is -2.13. The van der Waals surface area contributed by atoms with E-state index in [0.717, 1.165) is 110 Å². The van der Waals surface area contributed by atoms with Crippen LogP contribution in [0.4, 0.5) is 0 Å². The molecular weight excluding hydrogens is 985 g/mol. The first-order chi connectivity index (χ1) is 44.3. The molecule has 6 nitrogen and oxygen atoms in total. The molecule has 0 aliphatic carbocycles. The summed E-state index contributed by atoms with van der Waals surface area (Å²) in [6, 6.07) is 73.6. The summed E-state index contributed by atoms with van der Waals surface area (Å²) in [6.45, 7) is 0. The van der Waals surface area contributed by atoms with Crippen LogP contribution in [-0.2, 0) is 0 Å². The fraction of sp³-hybridized carbons (Fsp3) is 0. The van der Waals surface area contributed by atoms with E-state index in [4.69, 9.17) is 23.7 Å². The molecule has 0 radical (unpaired) electrons. The molecule has 12 aromatic carbocycles. The van der Waals surface area contributed by atoms with E-state index >= 15 is 0 Å². The highest BCUT2D eigenvalue weighted by atomic mass is 15.2. The summed E-state index contributed by atoms with van der Waals surface area (Å²) in [6.07, 6.45) is 0.